The van der Waals surface area contributed by atoms with Crippen molar-refractivity contribution in [3.8, 4) is 11.4 Å². The molecule has 0 aliphatic heterocycles. The van der Waals surface area contributed by atoms with Crippen molar-refractivity contribution in [2.45, 2.75) is 26.7 Å². The topological polar surface area (TPSA) is 54.8 Å². The minimum atomic E-state index is 0.512. The molecule has 6 heteroatoms. The lowest BCUT2D eigenvalue weighted by molar-refractivity contribution is 0.694. The van der Waals surface area contributed by atoms with Gasteiger partial charge in [0.05, 0.1) is 0 Å². The molecule has 0 aliphatic carbocycles. The molecule has 5 nitrogen and oxygen atoms in total. The fraction of sp³-hybridized carbons (Fsp3) is 0.429. The first kappa shape index (κ1) is 14.7. The van der Waals surface area contributed by atoms with Gasteiger partial charge in [0.25, 0.3) is 5.95 Å². The molecule has 0 N–H and O–H groups in total. The molecule has 2 rings (SSSR count). The van der Waals surface area contributed by atoms with E-state index in [9.17, 15) is 0 Å². The molecule has 0 bridgehead atoms. The zero-order chi connectivity index (χ0) is 14.4. The predicted octanol–water partition coefficient (Wildman–Crippen LogP) is 3.21. The highest BCUT2D eigenvalue weighted by atomic mass is 35.5. The van der Waals surface area contributed by atoms with E-state index in [0.717, 1.165) is 31.5 Å². The number of hydrogen-bond donors (Lipinski definition) is 0. The standard InChI is InChI=1S/C14H18ClN5/c1-3-9-20(10-4-2)14-18-16-13(17-19-14)11-5-7-12(15)8-6-11/h5-8H,3-4,9-10H2,1-2H3. The molecule has 0 spiro atoms. The zero-order valence-corrected chi connectivity index (χ0v) is 12.5. The van der Waals surface area contributed by atoms with Crippen molar-refractivity contribution in [1.29, 1.82) is 0 Å². The van der Waals surface area contributed by atoms with Crippen LogP contribution in [-0.2, 0) is 0 Å². The van der Waals surface area contributed by atoms with Gasteiger partial charge in [-0.25, -0.2) is 0 Å². The van der Waals surface area contributed by atoms with Crippen molar-refractivity contribution in [3.63, 3.8) is 0 Å². The average Bonchev–Trinajstić information content (AvgIpc) is 2.48. The summed E-state index contributed by atoms with van der Waals surface area (Å²) in [5.41, 5.74) is 0.860. The Balaban J connectivity index is 2.18. The molecule has 20 heavy (non-hydrogen) atoms. The maximum Gasteiger partial charge on any atom is 0.264 e. The number of aromatic nitrogens is 4. The molecule has 0 atom stereocenters. The fourth-order valence-corrected chi connectivity index (χ4v) is 2.04. The van der Waals surface area contributed by atoms with Crippen LogP contribution in [0, 0.1) is 0 Å². The minimum absolute atomic E-state index is 0.512. The van der Waals surface area contributed by atoms with E-state index < -0.39 is 0 Å². The van der Waals surface area contributed by atoms with Gasteiger partial charge < -0.3 is 4.90 Å². The van der Waals surface area contributed by atoms with Crippen LogP contribution in [0.4, 0.5) is 5.95 Å². The quantitative estimate of drug-likeness (QED) is 0.818. The Morgan fingerprint density at radius 1 is 0.900 bits per heavy atom. The maximum atomic E-state index is 5.86. The molecule has 0 fully saturated rings. The average molecular weight is 292 g/mol. The molecular weight excluding hydrogens is 274 g/mol. The maximum absolute atomic E-state index is 5.86. The monoisotopic (exact) mass is 291 g/mol. The van der Waals surface area contributed by atoms with Gasteiger partial charge in [-0.2, -0.15) is 0 Å². The van der Waals surface area contributed by atoms with Crippen LogP contribution >= 0.6 is 11.6 Å². The highest BCUT2D eigenvalue weighted by molar-refractivity contribution is 6.30. The lowest BCUT2D eigenvalue weighted by Crippen LogP contribution is -2.27. The van der Waals surface area contributed by atoms with Crippen LogP contribution < -0.4 is 4.90 Å². The summed E-state index contributed by atoms with van der Waals surface area (Å²) < 4.78 is 0. The van der Waals surface area contributed by atoms with E-state index in [1.165, 1.54) is 0 Å². The summed E-state index contributed by atoms with van der Waals surface area (Å²) >= 11 is 5.86. The normalized spacial score (nSPS) is 10.6. The summed E-state index contributed by atoms with van der Waals surface area (Å²) in [6.45, 7) is 6.09. The number of rotatable bonds is 6. The Kier molecular flexibility index (Phi) is 5.24. The zero-order valence-electron chi connectivity index (χ0n) is 11.8. The van der Waals surface area contributed by atoms with Crippen LogP contribution in [0.25, 0.3) is 11.4 Å². The van der Waals surface area contributed by atoms with Crippen molar-refractivity contribution in [3.05, 3.63) is 29.3 Å². The molecule has 0 saturated heterocycles. The summed E-state index contributed by atoms with van der Waals surface area (Å²) in [6.07, 6.45) is 2.09. The summed E-state index contributed by atoms with van der Waals surface area (Å²) in [4.78, 5) is 2.10. The minimum Gasteiger partial charge on any atom is -0.338 e. The predicted molar refractivity (Wildman–Crippen MR) is 80.9 cm³/mol. The van der Waals surface area contributed by atoms with Gasteiger partial charge in [0.15, 0.2) is 0 Å². The first-order valence-electron chi connectivity index (χ1n) is 6.83. The molecule has 106 valence electrons. The van der Waals surface area contributed by atoms with Crippen molar-refractivity contribution in [2.24, 2.45) is 0 Å². The molecule has 2 aromatic rings. The second kappa shape index (κ2) is 7.14. The summed E-state index contributed by atoms with van der Waals surface area (Å²) in [5, 5.41) is 17.4. The number of benzene rings is 1. The van der Waals surface area contributed by atoms with Gasteiger partial charge in [0.1, 0.15) is 0 Å². The summed E-state index contributed by atoms with van der Waals surface area (Å²) in [5.74, 6) is 1.10. The Labute approximate surface area is 124 Å². The second-order valence-electron chi connectivity index (χ2n) is 4.52. The number of hydrogen-bond acceptors (Lipinski definition) is 5. The van der Waals surface area contributed by atoms with Gasteiger partial charge in [-0.15, -0.1) is 20.4 Å². The van der Waals surface area contributed by atoms with Gasteiger partial charge in [0, 0.05) is 23.7 Å². The Bertz CT molecular complexity index is 520. The third-order valence-corrected chi connectivity index (χ3v) is 3.09. The van der Waals surface area contributed by atoms with Crippen molar-refractivity contribution < 1.29 is 0 Å². The highest BCUT2D eigenvalue weighted by Gasteiger charge is 2.10. The van der Waals surface area contributed by atoms with E-state index in [1.54, 1.807) is 12.1 Å². The number of nitrogens with zero attached hydrogens (tertiary/aromatic N) is 5. The molecular formula is C14H18ClN5. The van der Waals surface area contributed by atoms with E-state index in [2.05, 4.69) is 39.1 Å². The largest absolute Gasteiger partial charge is 0.338 e. The van der Waals surface area contributed by atoms with E-state index in [-0.39, 0.29) is 0 Å². The van der Waals surface area contributed by atoms with E-state index in [1.807, 2.05) is 12.1 Å². The molecule has 0 radical (unpaired) electrons. The molecule has 1 heterocycles. The van der Waals surface area contributed by atoms with Gasteiger partial charge in [-0.05, 0) is 37.1 Å². The van der Waals surface area contributed by atoms with Crippen LogP contribution in [-0.4, -0.2) is 33.5 Å². The number of halogens is 1. The second-order valence-corrected chi connectivity index (χ2v) is 4.95. The van der Waals surface area contributed by atoms with E-state index in [4.69, 9.17) is 11.6 Å². The lowest BCUT2D eigenvalue weighted by Gasteiger charge is -2.19. The Morgan fingerprint density at radius 3 is 1.95 bits per heavy atom. The first-order valence-corrected chi connectivity index (χ1v) is 7.20. The number of anilines is 1. The van der Waals surface area contributed by atoms with Crippen molar-refractivity contribution >= 4 is 17.5 Å². The molecule has 0 unspecified atom stereocenters. The third kappa shape index (κ3) is 3.63. The fourth-order valence-electron chi connectivity index (χ4n) is 1.92. The smallest absolute Gasteiger partial charge is 0.264 e. The molecule has 0 aliphatic rings. The van der Waals surface area contributed by atoms with Crippen molar-refractivity contribution in [1.82, 2.24) is 20.4 Å². The third-order valence-electron chi connectivity index (χ3n) is 2.84. The first-order chi connectivity index (χ1) is 9.74. The van der Waals surface area contributed by atoms with Crippen LogP contribution in [0.15, 0.2) is 24.3 Å². The SMILES string of the molecule is CCCN(CCC)c1nnc(-c2ccc(Cl)cc2)nn1. The summed E-state index contributed by atoms with van der Waals surface area (Å²) in [7, 11) is 0. The molecule has 1 aromatic carbocycles. The van der Waals surface area contributed by atoms with Crippen LogP contribution in [0.5, 0.6) is 0 Å². The molecule has 1 aromatic heterocycles. The van der Waals surface area contributed by atoms with E-state index >= 15 is 0 Å². The lowest BCUT2D eigenvalue weighted by atomic mass is 10.2. The highest BCUT2D eigenvalue weighted by Crippen LogP contribution is 2.17. The van der Waals surface area contributed by atoms with Crippen LogP contribution in [0.2, 0.25) is 5.02 Å². The summed E-state index contributed by atoms with van der Waals surface area (Å²) in [6, 6.07) is 7.32. The Morgan fingerprint density at radius 2 is 1.45 bits per heavy atom. The molecule has 0 saturated carbocycles. The Hall–Kier alpha value is -1.75. The van der Waals surface area contributed by atoms with Crippen molar-refractivity contribution in [2.75, 3.05) is 18.0 Å². The van der Waals surface area contributed by atoms with Crippen LogP contribution in [0.3, 0.4) is 0 Å². The van der Waals surface area contributed by atoms with E-state index in [0.29, 0.717) is 16.8 Å². The van der Waals surface area contributed by atoms with Gasteiger partial charge in [0.2, 0.25) is 5.82 Å². The van der Waals surface area contributed by atoms with Gasteiger partial charge in [-0.1, -0.05) is 25.4 Å². The van der Waals surface area contributed by atoms with Crippen LogP contribution in [0.1, 0.15) is 26.7 Å². The van der Waals surface area contributed by atoms with Gasteiger partial charge in [-0.3, -0.25) is 0 Å². The molecule has 0 amide bonds. The van der Waals surface area contributed by atoms with Gasteiger partial charge >= 0.3 is 0 Å².